The molecule has 3 aromatic rings. The van der Waals surface area contributed by atoms with Gasteiger partial charge in [-0.2, -0.15) is 0 Å². The molecule has 112 valence electrons. The average Bonchev–Trinajstić information content (AvgIpc) is 2.84. The topological polar surface area (TPSA) is 53.1 Å². The number of benzene rings is 2. The molecule has 0 unspecified atom stereocenters. The van der Waals surface area contributed by atoms with Crippen molar-refractivity contribution < 1.29 is 9.90 Å². The minimum Gasteiger partial charge on any atom is -0.481 e. The van der Waals surface area contributed by atoms with Crippen molar-refractivity contribution in [2.75, 3.05) is 0 Å². The maximum Gasteiger partial charge on any atom is 0.307 e. The van der Waals surface area contributed by atoms with E-state index in [1.165, 1.54) is 5.56 Å². The Labute approximate surface area is 129 Å². The van der Waals surface area contributed by atoms with Gasteiger partial charge in [-0.05, 0) is 43.0 Å². The van der Waals surface area contributed by atoms with Crippen LogP contribution in [0.15, 0.2) is 36.4 Å². The van der Waals surface area contributed by atoms with E-state index < -0.39 is 5.97 Å². The number of fused-ring (bicyclic) bond motifs is 1. The van der Waals surface area contributed by atoms with Gasteiger partial charge in [-0.15, -0.1) is 0 Å². The van der Waals surface area contributed by atoms with Gasteiger partial charge in [0.2, 0.25) is 0 Å². The molecule has 0 atom stereocenters. The predicted molar refractivity (Wildman–Crippen MR) is 89.3 cm³/mol. The van der Waals surface area contributed by atoms with E-state index in [0.29, 0.717) is 0 Å². The van der Waals surface area contributed by atoms with Gasteiger partial charge in [-0.3, -0.25) is 4.79 Å². The first-order valence-corrected chi connectivity index (χ1v) is 7.37. The zero-order valence-corrected chi connectivity index (χ0v) is 13.0. The molecular weight excluding hydrogens is 274 g/mol. The lowest BCUT2D eigenvalue weighted by Gasteiger charge is -2.05. The fourth-order valence-electron chi connectivity index (χ4n) is 2.98. The first-order chi connectivity index (χ1) is 10.5. The number of aromatic amines is 1. The van der Waals surface area contributed by atoms with Crippen molar-refractivity contribution in [1.29, 1.82) is 0 Å². The van der Waals surface area contributed by atoms with E-state index in [4.69, 9.17) is 0 Å². The SMILES string of the molecule is Cc1ccc(-c2[nH]c3c(C)ccc(C)c3c2CC(=O)O)cc1. The van der Waals surface area contributed by atoms with E-state index in [1.807, 2.05) is 45.0 Å². The minimum atomic E-state index is -0.810. The summed E-state index contributed by atoms with van der Waals surface area (Å²) in [5, 5.41) is 10.3. The first kappa shape index (κ1) is 14.4. The van der Waals surface area contributed by atoms with Crippen LogP contribution < -0.4 is 0 Å². The van der Waals surface area contributed by atoms with Gasteiger partial charge in [0.25, 0.3) is 0 Å². The Morgan fingerprint density at radius 2 is 1.64 bits per heavy atom. The molecule has 2 N–H and O–H groups in total. The highest BCUT2D eigenvalue weighted by Crippen LogP contribution is 2.34. The van der Waals surface area contributed by atoms with Crippen LogP contribution in [0.2, 0.25) is 0 Å². The lowest BCUT2D eigenvalue weighted by molar-refractivity contribution is -0.136. The number of aromatic nitrogens is 1. The van der Waals surface area contributed by atoms with Crippen LogP contribution in [0.3, 0.4) is 0 Å². The summed E-state index contributed by atoms with van der Waals surface area (Å²) in [5.41, 5.74) is 7.26. The Kier molecular flexibility index (Phi) is 3.49. The molecule has 0 aliphatic heterocycles. The minimum absolute atomic E-state index is 0.0213. The van der Waals surface area contributed by atoms with Crippen LogP contribution in [0.4, 0.5) is 0 Å². The second kappa shape index (κ2) is 5.34. The van der Waals surface area contributed by atoms with Crippen molar-refractivity contribution in [2.24, 2.45) is 0 Å². The van der Waals surface area contributed by atoms with Crippen molar-refractivity contribution >= 4 is 16.9 Å². The lowest BCUT2D eigenvalue weighted by atomic mass is 9.98. The van der Waals surface area contributed by atoms with Gasteiger partial charge < -0.3 is 10.1 Å². The van der Waals surface area contributed by atoms with Crippen molar-refractivity contribution in [1.82, 2.24) is 4.98 Å². The highest BCUT2D eigenvalue weighted by atomic mass is 16.4. The van der Waals surface area contributed by atoms with Crippen LogP contribution in [0.1, 0.15) is 22.3 Å². The maximum atomic E-state index is 11.3. The van der Waals surface area contributed by atoms with Crippen LogP contribution in [0.5, 0.6) is 0 Å². The molecule has 3 nitrogen and oxygen atoms in total. The average molecular weight is 293 g/mol. The quantitative estimate of drug-likeness (QED) is 0.752. The van der Waals surface area contributed by atoms with Gasteiger partial charge in [0.15, 0.2) is 0 Å². The molecule has 0 bridgehead atoms. The Morgan fingerprint density at radius 3 is 2.27 bits per heavy atom. The Morgan fingerprint density at radius 1 is 1.00 bits per heavy atom. The molecule has 0 fully saturated rings. The van der Waals surface area contributed by atoms with Crippen molar-refractivity contribution in [3.05, 3.63) is 58.7 Å². The van der Waals surface area contributed by atoms with Gasteiger partial charge in [-0.25, -0.2) is 0 Å². The fraction of sp³-hybridized carbons (Fsp3) is 0.211. The predicted octanol–water partition coefficient (Wildman–Crippen LogP) is 4.39. The normalized spacial score (nSPS) is 11.0. The number of carboxylic acid groups (broad SMARTS) is 1. The Bertz CT molecular complexity index is 857. The third-order valence-corrected chi connectivity index (χ3v) is 4.14. The van der Waals surface area contributed by atoms with E-state index in [0.717, 1.165) is 38.9 Å². The number of carbonyl (C=O) groups is 1. The van der Waals surface area contributed by atoms with Gasteiger partial charge in [0, 0.05) is 10.9 Å². The summed E-state index contributed by atoms with van der Waals surface area (Å²) in [5.74, 6) is -0.810. The molecule has 1 heterocycles. The molecule has 1 aromatic heterocycles. The van der Waals surface area contributed by atoms with Gasteiger partial charge in [0.1, 0.15) is 0 Å². The molecule has 22 heavy (non-hydrogen) atoms. The molecular formula is C19H19NO2. The largest absolute Gasteiger partial charge is 0.481 e. The fourth-order valence-corrected chi connectivity index (χ4v) is 2.98. The molecule has 3 rings (SSSR count). The number of carboxylic acids is 1. The van der Waals surface area contributed by atoms with E-state index in [-0.39, 0.29) is 6.42 Å². The van der Waals surface area contributed by atoms with E-state index in [9.17, 15) is 9.90 Å². The molecule has 0 aliphatic carbocycles. The summed E-state index contributed by atoms with van der Waals surface area (Å²) < 4.78 is 0. The monoisotopic (exact) mass is 293 g/mol. The van der Waals surface area contributed by atoms with Gasteiger partial charge in [-0.1, -0.05) is 42.0 Å². The summed E-state index contributed by atoms with van der Waals surface area (Å²) in [6.45, 7) is 6.11. The Balaban J connectivity index is 2.33. The smallest absolute Gasteiger partial charge is 0.307 e. The van der Waals surface area contributed by atoms with Crippen molar-refractivity contribution in [2.45, 2.75) is 27.2 Å². The molecule has 2 aromatic carbocycles. The van der Waals surface area contributed by atoms with Crippen LogP contribution in [0, 0.1) is 20.8 Å². The molecule has 0 radical (unpaired) electrons. The summed E-state index contributed by atoms with van der Waals surface area (Å²) >= 11 is 0. The highest BCUT2D eigenvalue weighted by Gasteiger charge is 2.18. The zero-order valence-electron chi connectivity index (χ0n) is 13.0. The number of aryl methyl sites for hydroxylation is 3. The molecule has 0 saturated carbocycles. The molecule has 0 saturated heterocycles. The second-order valence-electron chi connectivity index (χ2n) is 5.86. The van der Waals surface area contributed by atoms with E-state index in [1.54, 1.807) is 0 Å². The van der Waals surface area contributed by atoms with Gasteiger partial charge >= 0.3 is 5.97 Å². The third kappa shape index (κ3) is 2.39. The summed E-state index contributed by atoms with van der Waals surface area (Å²) in [6.07, 6.45) is 0.0213. The number of aliphatic carboxylic acids is 1. The molecule has 0 amide bonds. The van der Waals surface area contributed by atoms with Crippen LogP contribution in [-0.2, 0) is 11.2 Å². The van der Waals surface area contributed by atoms with Crippen LogP contribution >= 0.6 is 0 Å². The molecule has 3 heteroatoms. The lowest BCUT2D eigenvalue weighted by Crippen LogP contribution is -2.01. The number of rotatable bonds is 3. The number of hydrogen-bond donors (Lipinski definition) is 2. The highest BCUT2D eigenvalue weighted by molar-refractivity contribution is 5.97. The van der Waals surface area contributed by atoms with Crippen molar-refractivity contribution in [3.63, 3.8) is 0 Å². The second-order valence-corrected chi connectivity index (χ2v) is 5.86. The summed E-state index contributed by atoms with van der Waals surface area (Å²) in [4.78, 5) is 14.8. The number of hydrogen-bond acceptors (Lipinski definition) is 1. The molecule has 0 aliphatic rings. The standard InChI is InChI=1S/C19H19NO2/c1-11-4-8-14(9-5-11)19-15(10-16(21)22)17-12(2)6-7-13(3)18(17)20-19/h4-9,20H,10H2,1-3H3,(H,21,22). The van der Waals surface area contributed by atoms with E-state index in [2.05, 4.69) is 17.1 Å². The summed E-state index contributed by atoms with van der Waals surface area (Å²) in [7, 11) is 0. The van der Waals surface area contributed by atoms with Gasteiger partial charge in [0.05, 0.1) is 12.1 Å². The van der Waals surface area contributed by atoms with Crippen molar-refractivity contribution in [3.8, 4) is 11.3 Å². The third-order valence-electron chi connectivity index (χ3n) is 4.14. The maximum absolute atomic E-state index is 11.3. The van der Waals surface area contributed by atoms with E-state index >= 15 is 0 Å². The first-order valence-electron chi connectivity index (χ1n) is 7.37. The van der Waals surface area contributed by atoms with Crippen LogP contribution in [0.25, 0.3) is 22.2 Å². The Hall–Kier alpha value is -2.55. The number of nitrogens with one attached hydrogen (secondary N) is 1. The molecule has 0 spiro atoms. The van der Waals surface area contributed by atoms with Crippen LogP contribution in [-0.4, -0.2) is 16.1 Å². The zero-order chi connectivity index (χ0) is 15.9. The number of H-pyrrole nitrogens is 1. The summed E-state index contributed by atoms with van der Waals surface area (Å²) in [6, 6.07) is 12.3.